The Hall–Kier alpha value is -3.84. The summed E-state index contributed by atoms with van der Waals surface area (Å²) in [6.07, 6.45) is 3.89. The van der Waals surface area contributed by atoms with Gasteiger partial charge in [-0.2, -0.15) is 0 Å². The molecule has 2 aromatic heterocycles. The summed E-state index contributed by atoms with van der Waals surface area (Å²) in [7, 11) is 3.57. The van der Waals surface area contributed by atoms with Crippen molar-refractivity contribution >= 4 is 40.1 Å². The van der Waals surface area contributed by atoms with Gasteiger partial charge in [-0.1, -0.05) is 6.07 Å². The van der Waals surface area contributed by atoms with E-state index in [0.29, 0.717) is 22.6 Å². The molecule has 0 saturated carbocycles. The molecule has 0 aliphatic carbocycles. The molecule has 6 nitrogen and oxygen atoms in total. The summed E-state index contributed by atoms with van der Waals surface area (Å²) in [6, 6.07) is 12.9. The molecule has 0 N–H and O–H groups in total. The number of hydrogen-bond acceptors (Lipinski definition) is 6. The third-order valence-corrected chi connectivity index (χ3v) is 6.55. The SMILES string of the molecule is COc1ccc2c(c1)c(/C=C1\Oc3c(ccc(OC(=O)Cc4cccs4)c3C)C1=O)cn2C. The van der Waals surface area contributed by atoms with Gasteiger partial charge in [0.25, 0.3) is 0 Å². The zero-order valence-corrected chi connectivity index (χ0v) is 19.2. The molecule has 0 radical (unpaired) electrons. The van der Waals surface area contributed by atoms with Gasteiger partial charge in [0, 0.05) is 40.2 Å². The molecule has 0 bridgehead atoms. The van der Waals surface area contributed by atoms with Gasteiger partial charge in [0.1, 0.15) is 17.2 Å². The van der Waals surface area contributed by atoms with Gasteiger partial charge in [-0.05, 0) is 54.8 Å². The van der Waals surface area contributed by atoms with Gasteiger partial charge in [-0.3, -0.25) is 9.59 Å². The molecule has 5 rings (SSSR count). The summed E-state index contributed by atoms with van der Waals surface area (Å²) in [5.41, 5.74) is 2.93. The van der Waals surface area contributed by atoms with E-state index in [-0.39, 0.29) is 23.9 Å². The number of fused-ring (bicyclic) bond motifs is 2. The minimum atomic E-state index is -0.356. The van der Waals surface area contributed by atoms with E-state index in [4.69, 9.17) is 14.2 Å². The number of ether oxygens (including phenoxy) is 3. The first-order valence-corrected chi connectivity index (χ1v) is 11.3. The standard InChI is InChI=1S/C26H21NO5S/c1-15-22(31-24(28)13-18-5-4-10-33-18)9-7-19-25(29)23(32-26(15)19)11-16-14-27(2)21-8-6-17(30-3)12-20(16)21/h4-12,14H,13H2,1-3H3/b23-11-. The molecule has 0 saturated heterocycles. The van der Waals surface area contributed by atoms with Gasteiger partial charge >= 0.3 is 5.97 Å². The molecule has 3 heterocycles. The number of allylic oxidation sites excluding steroid dienone is 1. The molecular formula is C26H21NO5S. The number of esters is 1. The normalized spacial score (nSPS) is 13.9. The monoisotopic (exact) mass is 459 g/mol. The van der Waals surface area contributed by atoms with Crippen LogP contribution < -0.4 is 14.2 Å². The number of methoxy groups -OCH3 is 1. The second-order valence-electron chi connectivity index (χ2n) is 7.81. The van der Waals surface area contributed by atoms with Crippen molar-refractivity contribution < 1.29 is 23.8 Å². The lowest BCUT2D eigenvalue weighted by Gasteiger charge is -2.09. The van der Waals surface area contributed by atoms with E-state index < -0.39 is 0 Å². The van der Waals surface area contributed by atoms with E-state index in [0.717, 1.165) is 27.1 Å². The zero-order valence-electron chi connectivity index (χ0n) is 18.4. The molecule has 166 valence electrons. The van der Waals surface area contributed by atoms with Crippen LogP contribution in [-0.4, -0.2) is 23.4 Å². The summed E-state index contributed by atoms with van der Waals surface area (Å²) in [5.74, 6) is 1.21. The van der Waals surface area contributed by atoms with Crippen LogP contribution in [0.5, 0.6) is 17.2 Å². The minimum Gasteiger partial charge on any atom is -0.497 e. The first-order chi connectivity index (χ1) is 15.9. The number of ketones is 1. The maximum absolute atomic E-state index is 13.0. The number of aryl methyl sites for hydroxylation is 1. The highest BCUT2D eigenvalue weighted by Gasteiger charge is 2.31. The Morgan fingerprint density at radius 1 is 1.21 bits per heavy atom. The second-order valence-corrected chi connectivity index (χ2v) is 8.85. The fraction of sp³-hybridized carbons (Fsp3) is 0.154. The van der Waals surface area contributed by atoms with Gasteiger partial charge in [-0.25, -0.2) is 0 Å². The molecular weight excluding hydrogens is 438 g/mol. The van der Waals surface area contributed by atoms with Crippen LogP contribution in [0.1, 0.15) is 26.4 Å². The van der Waals surface area contributed by atoms with Crippen molar-refractivity contribution in [1.29, 1.82) is 0 Å². The number of aromatic nitrogens is 1. The van der Waals surface area contributed by atoms with Crippen molar-refractivity contribution in [2.75, 3.05) is 7.11 Å². The van der Waals surface area contributed by atoms with Crippen LogP contribution in [0.3, 0.4) is 0 Å². The number of benzene rings is 2. The van der Waals surface area contributed by atoms with Crippen molar-refractivity contribution in [3.8, 4) is 17.2 Å². The van der Waals surface area contributed by atoms with Gasteiger partial charge in [-0.15, -0.1) is 11.3 Å². The molecule has 2 aromatic carbocycles. The van der Waals surface area contributed by atoms with Gasteiger partial charge < -0.3 is 18.8 Å². The minimum absolute atomic E-state index is 0.198. The number of carbonyl (C=O) groups excluding carboxylic acids is 2. The van der Waals surface area contributed by atoms with Crippen LogP contribution in [0.4, 0.5) is 0 Å². The lowest BCUT2D eigenvalue weighted by molar-refractivity contribution is -0.133. The molecule has 0 spiro atoms. The number of thiophene rings is 1. The smallest absolute Gasteiger partial charge is 0.316 e. The van der Waals surface area contributed by atoms with Crippen LogP contribution in [-0.2, 0) is 18.3 Å². The largest absolute Gasteiger partial charge is 0.497 e. The summed E-state index contributed by atoms with van der Waals surface area (Å²) in [5, 5.41) is 2.87. The average molecular weight is 460 g/mol. The number of hydrogen-bond donors (Lipinski definition) is 0. The third kappa shape index (κ3) is 3.81. The van der Waals surface area contributed by atoms with Gasteiger partial charge in [0.2, 0.25) is 5.78 Å². The molecule has 33 heavy (non-hydrogen) atoms. The number of nitrogens with zero attached hydrogens (tertiary/aromatic N) is 1. The van der Waals surface area contributed by atoms with Crippen molar-refractivity contribution in [2.45, 2.75) is 13.3 Å². The van der Waals surface area contributed by atoms with Crippen LogP contribution in [0.15, 0.2) is 59.8 Å². The second kappa shape index (κ2) is 8.26. The summed E-state index contributed by atoms with van der Waals surface area (Å²) in [4.78, 5) is 26.3. The van der Waals surface area contributed by atoms with Crippen LogP contribution >= 0.6 is 11.3 Å². The van der Waals surface area contributed by atoms with Gasteiger partial charge in [0.15, 0.2) is 5.76 Å². The Bertz CT molecular complexity index is 1430. The third-order valence-electron chi connectivity index (χ3n) is 5.67. The topological polar surface area (TPSA) is 66.8 Å². The Labute approximate surface area is 194 Å². The Morgan fingerprint density at radius 2 is 2.06 bits per heavy atom. The molecule has 7 heteroatoms. The molecule has 0 amide bonds. The molecule has 1 aliphatic heterocycles. The first-order valence-electron chi connectivity index (χ1n) is 10.4. The Morgan fingerprint density at radius 3 is 2.82 bits per heavy atom. The van der Waals surface area contributed by atoms with Crippen LogP contribution in [0.2, 0.25) is 0 Å². The predicted octanol–water partition coefficient (Wildman–Crippen LogP) is 5.32. The maximum atomic E-state index is 13.0. The van der Waals surface area contributed by atoms with E-state index in [1.54, 1.807) is 32.2 Å². The lowest BCUT2D eigenvalue weighted by atomic mass is 10.1. The molecule has 4 aromatic rings. The van der Waals surface area contributed by atoms with E-state index >= 15 is 0 Å². The van der Waals surface area contributed by atoms with Crippen molar-refractivity contribution in [1.82, 2.24) is 4.57 Å². The summed E-state index contributed by atoms with van der Waals surface area (Å²) in [6.45, 7) is 1.78. The lowest BCUT2D eigenvalue weighted by Crippen LogP contribution is -2.11. The fourth-order valence-corrected chi connectivity index (χ4v) is 4.67. The number of carbonyl (C=O) groups is 2. The highest BCUT2D eigenvalue weighted by molar-refractivity contribution is 7.10. The van der Waals surface area contributed by atoms with Crippen molar-refractivity contribution in [3.63, 3.8) is 0 Å². The summed E-state index contributed by atoms with van der Waals surface area (Å²) >= 11 is 1.51. The molecule has 0 unspecified atom stereocenters. The van der Waals surface area contributed by atoms with Crippen LogP contribution in [0, 0.1) is 6.92 Å². The molecule has 1 aliphatic rings. The summed E-state index contributed by atoms with van der Waals surface area (Å²) < 4.78 is 18.9. The number of rotatable bonds is 5. The van der Waals surface area contributed by atoms with Crippen molar-refractivity contribution in [2.24, 2.45) is 7.05 Å². The Balaban J connectivity index is 1.44. The fourth-order valence-electron chi connectivity index (χ4n) is 3.98. The van der Waals surface area contributed by atoms with E-state index in [1.165, 1.54) is 11.3 Å². The molecule has 0 atom stereocenters. The average Bonchev–Trinajstić information content (AvgIpc) is 3.50. The van der Waals surface area contributed by atoms with Gasteiger partial charge in [0.05, 0.1) is 19.1 Å². The Kier molecular flexibility index (Phi) is 5.26. The maximum Gasteiger partial charge on any atom is 0.316 e. The predicted molar refractivity (Wildman–Crippen MR) is 127 cm³/mol. The number of Topliss-reactive ketones (excluding diaryl/α,β-unsaturated/α-hetero) is 1. The highest BCUT2D eigenvalue weighted by Crippen LogP contribution is 2.40. The van der Waals surface area contributed by atoms with E-state index in [9.17, 15) is 9.59 Å². The van der Waals surface area contributed by atoms with Crippen LogP contribution in [0.25, 0.3) is 17.0 Å². The highest BCUT2D eigenvalue weighted by atomic mass is 32.1. The quantitative estimate of drug-likeness (QED) is 0.230. The zero-order chi connectivity index (χ0) is 23.1. The first kappa shape index (κ1) is 21.0. The molecule has 0 fully saturated rings. The van der Waals surface area contributed by atoms with Crippen molar-refractivity contribution in [3.05, 3.63) is 81.4 Å². The van der Waals surface area contributed by atoms with E-state index in [1.807, 2.05) is 53.5 Å². The van der Waals surface area contributed by atoms with E-state index in [2.05, 4.69) is 0 Å².